The van der Waals surface area contributed by atoms with E-state index in [1.54, 1.807) is 10.8 Å². The molecule has 1 N–H and O–H groups in total. The number of amides is 1. The number of carbonyl (C=O) groups is 1. The molecule has 8 nitrogen and oxygen atoms in total. The lowest BCUT2D eigenvalue weighted by Crippen LogP contribution is -2.45. The first kappa shape index (κ1) is 21.9. The third-order valence-corrected chi connectivity index (χ3v) is 6.19. The lowest BCUT2D eigenvalue weighted by molar-refractivity contribution is -0.125. The van der Waals surface area contributed by atoms with Crippen molar-refractivity contribution < 1.29 is 9.21 Å². The molecule has 0 saturated carbocycles. The van der Waals surface area contributed by atoms with Crippen molar-refractivity contribution in [1.82, 2.24) is 19.9 Å². The fourth-order valence-corrected chi connectivity index (χ4v) is 4.46. The van der Waals surface area contributed by atoms with Crippen LogP contribution >= 0.6 is 0 Å². The van der Waals surface area contributed by atoms with Crippen molar-refractivity contribution in [1.29, 1.82) is 0 Å². The van der Waals surface area contributed by atoms with Crippen molar-refractivity contribution >= 4 is 22.9 Å². The fourth-order valence-electron chi connectivity index (χ4n) is 4.46. The molecular formula is C26H27N5O3. The van der Waals surface area contributed by atoms with E-state index in [0.29, 0.717) is 43.2 Å². The Labute approximate surface area is 197 Å². The summed E-state index contributed by atoms with van der Waals surface area (Å²) in [5.74, 6) is 1.65. The maximum atomic E-state index is 13.6. The van der Waals surface area contributed by atoms with Crippen molar-refractivity contribution in [2.75, 3.05) is 18.0 Å². The molecule has 1 aliphatic heterocycles. The zero-order valence-electron chi connectivity index (χ0n) is 19.1. The zero-order valence-corrected chi connectivity index (χ0v) is 19.1. The number of nitrogens with one attached hydrogen (secondary N) is 1. The van der Waals surface area contributed by atoms with Crippen molar-refractivity contribution in [3.8, 4) is 0 Å². The number of anilines is 1. The van der Waals surface area contributed by atoms with Crippen molar-refractivity contribution in [3.05, 3.63) is 88.2 Å². The topological polar surface area (TPSA) is 93.3 Å². The SMILES string of the molecule is Cc1ccc(CNC(=O)[C@H]2CCCN(c3nc4cccnc4n(Cc4ccccc4)c3=O)C2)o1. The number of carbonyl (C=O) groups excluding carboxylic acids is 1. The van der Waals surface area contributed by atoms with Crippen molar-refractivity contribution in [2.45, 2.75) is 32.9 Å². The van der Waals surface area contributed by atoms with Gasteiger partial charge in [0.2, 0.25) is 5.91 Å². The van der Waals surface area contributed by atoms with Crippen LogP contribution in [0.2, 0.25) is 0 Å². The molecule has 1 atom stereocenters. The molecule has 1 aromatic carbocycles. The minimum atomic E-state index is -0.224. The molecule has 34 heavy (non-hydrogen) atoms. The van der Waals surface area contributed by atoms with Crippen LogP contribution in [0.15, 0.2) is 70.0 Å². The Kier molecular flexibility index (Phi) is 6.12. The normalized spacial score (nSPS) is 16.0. The van der Waals surface area contributed by atoms with Gasteiger partial charge in [-0.3, -0.25) is 14.2 Å². The molecule has 1 fully saturated rings. The molecule has 1 aliphatic rings. The van der Waals surface area contributed by atoms with Gasteiger partial charge in [0.05, 0.1) is 19.0 Å². The minimum Gasteiger partial charge on any atom is -0.465 e. The minimum absolute atomic E-state index is 0.0363. The van der Waals surface area contributed by atoms with E-state index in [-0.39, 0.29) is 17.4 Å². The van der Waals surface area contributed by atoms with E-state index < -0.39 is 0 Å². The maximum Gasteiger partial charge on any atom is 0.295 e. The molecule has 8 heteroatoms. The summed E-state index contributed by atoms with van der Waals surface area (Å²) in [6.07, 6.45) is 3.25. The Morgan fingerprint density at radius 2 is 2.00 bits per heavy atom. The molecule has 5 rings (SSSR count). The molecule has 3 aromatic heterocycles. The quantitative estimate of drug-likeness (QED) is 0.478. The van der Waals surface area contributed by atoms with Gasteiger partial charge in [-0.2, -0.15) is 0 Å². The van der Waals surface area contributed by atoms with Crippen LogP contribution in [0.3, 0.4) is 0 Å². The first-order chi connectivity index (χ1) is 16.6. The number of rotatable bonds is 6. The highest BCUT2D eigenvalue weighted by molar-refractivity contribution is 5.79. The Morgan fingerprint density at radius 3 is 2.79 bits per heavy atom. The number of aryl methyl sites for hydroxylation is 1. The number of aromatic nitrogens is 3. The predicted molar refractivity (Wildman–Crippen MR) is 130 cm³/mol. The molecular weight excluding hydrogens is 430 g/mol. The van der Waals surface area contributed by atoms with Crippen LogP contribution in [0.1, 0.15) is 29.9 Å². The van der Waals surface area contributed by atoms with Crippen LogP contribution in [0.25, 0.3) is 11.2 Å². The van der Waals surface area contributed by atoms with E-state index in [1.165, 1.54) is 0 Å². The van der Waals surface area contributed by atoms with E-state index in [1.807, 2.05) is 66.4 Å². The Bertz CT molecular complexity index is 1360. The van der Waals surface area contributed by atoms with Gasteiger partial charge in [-0.05, 0) is 49.6 Å². The number of hydrogen-bond acceptors (Lipinski definition) is 6. The van der Waals surface area contributed by atoms with Crippen LogP contribution in [0, 0.1) is 12.8 Å². The van der Waals surface area contributed by atoms with Crippen LogP contribution in [-0.2, 0) is 17.9 Å². The van der Waals surface area contributed by atoms with E-state index in [0.717, 1.165) is 29.9 Å². The predicted octanol–water partition coefficient (Wildman–Crippen LogP) is 3.27. The fraction of sp³-hybridized carbons (Fsp3) is 0.308. The van der Waals surface area contributed by atoms with E-state index in [9.17, 15) is 9.59 Å². The number of furan rings is 1. The molecule has 0 aliphatic carbocycles. The molecule has 4 heterocycles. The summed E-state index contributed by atoms with van der Waals surface area (Å²) < 4.78 is 7.22. The Hall–Kier alpha value is -3.94. The summed E-state index contributed by atoms with van der Waals surface area (Å²) in [6, 6.07) is 17.3. The summed E-state index contributed by atoms with van der Waals surface area (Å²) >= 11 is 0. The van der Waals surface area contributed by atoms with Gasteiger partial charge in [0.25, 0.3) is 5.56 Å². The highest BCUT2D eigenvalue weighted by Crippen LogP contribution is 2.22. The third-order valence-electron chi connectivity index (χ3n) is 6.19. The van der Waals surface area contributed by atoms with Gasteiger partial charge in [-0.15, -0.1) is 0 Å². The number of fused-ring (bicyclic) bond motifs is 1. The average Bonchev–Trinajstić information content (AvgIpc) is 3.30. The Balaban J connectivity index is 1.40. The summed E-state index contributed by atoms with van der Waals surface area (Å²) in [6.45, 7) is 3.76. The number of nitrogens with zero attached hydrogens (tertiary/aromatic N) is 4. The molecule has 0 spiro atoms. The molecule has 1 saturated heterocycles. The lowest BCUT2D eigenvalue weighted by atomic mass is 9.97. The van der Waals surface area contributed by atoms with Gasteiger partial charge in [0, 0.05) is 19.3 Å². The molecule has 0 radical (unpaired) electrons. The summed E-state index contributed by atoms with van der Waals surface area (Å²) in [7, 11) is 0. The molecule has 0 bridgehead atoms. The molecule has 4 aromatic rings. The molecule has 0 unspecified atom stereocenters. The smallest absolute Gasteiger partial charge is 0.295 e. The largest absolute Gasteiger partial charge is 0.465 e. The lowest BCUT2D eigenvalue weighted by Gasteiger charge is -2.32. The first-order valence-corrected chi connectivity index (χ1v) is 11.6. The van der Waals surface area contributed by atoms with Crippen molar-refractivity contribution in [3.63, 3.8) is 0 Å². The summed E-state index contributed by atoms with van der Waals surface area (Å²) in [5, 5.41) is 2.97. The average molecular weight is 458 g/mol. The highest BCUT2D eigenvalue weighted by Gasteiger charge is 2.29. The first-order valence-electron chi connectivity index (χ1n) is 11.6. The van der Waals surface area contributed by atoms with Gasteiger partial charge in [-0.25, -0.2) is 9.97 Å². The molecule has 1 amide bonds. The third kappa shape index (κ3) is 4.57. The van der Waals surface area contributed by atoms with Gasteiger partial charge >= 0.3 is 0 Å². The van der Waals surface area contributed by atoms with Gasteiger partial charge < -0.3 is 14.6 Å². The number of hydrogen-bond donors (Lipinski definition) is 1. The van der Waals surface area contributed by atoms with Crippen LogP contribution in [0.5, 0.6) is 0 Å². The number of benzene rings is 1. The second-order valence-corrected chi connectivity index (χ2v) is 8.67. The summed E-state index contributed by atoms with van der Waals surface area (Å²) in [5.41, 5.74) is 2.04. The maximum absolute atomic E-state index is 13.6. The zero-order chi connectivity index (χ0) is 23.5. The van der Waals surface area contributed by atoms with Gasteiger partial charge in [-0.1, -0.05) is 30.3 Å². The second kappa shape index (κ2) is 9.51. The Morgan fingerprint density at radius 1 is 1.15 bits per heavy atom. The number of pyridine rings is 1. The summed E-state index contributed by atoms with van der Waals surface area (Å²) in [4.78, 5) is 37.5. The van der Waals surface area contributed by atoms with Crippen LogP contribution < -0.4 is 15.8 Å². The van der Waals surface area contributed by atoms with Crippen LogP contribution in [-0.4, -0.2) is 33.5 Å². The van der Waals surface area contributed by atoms with Crippen LogP contribution in [0.4, 0.5) is 5.82 Å². The van der Waals surface area contributed by atoms with Gasteiger partial charge in [0.15, 0.2) is 11.5 Å². The highest BCUT2D eigenvalue weighted by atomic mass is 16.3. The molecule has 174 valence electrons. The van der Waals surface area contributed by atoms with Crippen molar-refractivity contribution in [2.24, 2.45) is 5.92 Å². The van der Waals surface area contributed by atoms with E-state index in [4.69, 9.17) is 4.42 Å². The number of piperidine rings is 1. The van der Waals surface area contributed by atoms with E-state index in [2.05, 4.69) is 15.3 Å². The van der Waals surface area contributed by atoms with Gasteiger partial charge in [0.1, 0.15) is 17.0 Å². The second-order valence-electron chi connectivity index (χ2n) is 8.67. The van der Waals surface area contributed by atoms with E-state index >= 15 is 0 Å². The monoisotopic (exact) mass is 457 g/mol. The standard InChI is InChI=1S/C26H27N5O3/c1-18-11-12-21(34-18)15-28-25(32)20-9-6-14-30(17-20)24-26(33)31(16-19-7-3-2-4-8-19)23-22(29-24)10-5-13-27-23/h2-5,7-8,10-13,20H,6,9,14-17H2,1H3,(H,28,32)/t20-/m0/s1.